The molecule has 7 heteroatoms. The fraction of sp³-hybridized carbons (Fsp3) is 0. The van der Waals surface area contributed by atoms with Crippen molar-refractivity contribution in [2.75, 3.05) is 0 Å². The zero-order valence-corrected chi connectivity index (χ0v) is 13.6. The summed E-state index contributed by atoms with van der Waals surface area (Å²) in [5.74, 6) is 0. The average molecular weight is 396 g/mol. The van der Waals surface area contributed by atoms with Gasteiger partial charge in [0.1, 0.15) is 0 Å². The van der Waals surface area contributed by atoms with E-state index in [1.807, 2.05) is 36.4 Å². The first kappa shape index (κ1) is 17.1. The van der Waals surface area contributed by atoms with Crippen molar-refractivity contribution in [3.63, 3.8) is 0 Å². The van der Waals surface area contributed by atoms with Gasteiger partial charge in [0, 0.05) is 24.8 Å². The van der Waals surface area contributed by atoms with Gasteiger partial charge < -0.3 is 0 Å². The quantitative estimate of drug-likeness (QED) is 0.592. The summed E-state index contributed by atoms with van der Waals surface area (Å²) in [4.78, 5) is 7.57. The van der Waals surface area contributed by atoms with Crippen LogP contribution in [-0.4, -0.2) is 9.97 Å². The van der Waals surface area contributed by atoms with E-state index in [9.17, 15) is 0 Å². The van der Waals surface area contributed by atoms with Gasteiger partial charge in [-0.3, -0.25) is 9.97 Å². The van der Waals surface area contributed by atoms with E-state index in [4.69, 9.17) is 37.7 Å². The van der Waals surface area contributed by atoms with E-state index < -0.39 is 11.9 Å². The predicted molar refractivity (Wildman–Crippen MR) is 71.9 cm³/mol. The van der Waals surface area contributed by atoms with Gasteiger partial charge in [0.2, 0.25) is 0 Å². The fourth-order valence-electron chi connectivity index (χ4n) is 0.625. The first-order valence-electron chi connectivity index (χ1n) is 4.32. The Hall–Kier alpha value is 0.148. The number of rotatable bonds is 0. The first-order valence-corrected chi connectivity index (χ1v) is 14.7. The summed E-state index contributed by atoms with van der Waals surface area (Å²) in [7, 11) is 20.1. The van der Waals surface area contributed by atoms with Gasteiger partial charge in [-0.1, -0.05) is 12.1 Å². The van der Waals surface area contributed by atoms with Gasteiger partial charge in [0.05, 0.1) is 0 Å². The van der Waals surface area contributed by atoms with Gasteiger partial charge in [-0.25, -0.2) is 0 Å². The van der Waals surface area contributed by atoms with Crippen LogP contribution < -0.4 is 0 Å². The minimum Gasteiger partial charge on any atom is -0.265 e. The van der Waals surface area contributed by atoms with Crippen LogP contribution in [0.1, 0.15) is 0 Å². The summed E-state index contributed by atoms with van der Waals surface area (Å²) in [6.45, 7) is 0. The fourth-order valence-corrected chi connectivity index (χ4v) is 0.625. The molecule has 0 spiro atoms. The van der Waals surface area contributed by atoms with Crippen molar-refractivity contribution in [1.82, 2.24) is 9.97 Å². The third kappa shape index (κ3) is 21.9. The number of aromatic nitrogens is 2. The molecule has 0 aromatic carbocycles. The van der Waals surface area contributed by atoms with Crippen LogP contribution in [0.5, 0.6) is 0 Å². The van der Waals surface area contributed by atoms with Gasteiger partial charge in [0.15, 0.2) is 0 Å². The van der Waals surface area contributed by atoms with E-state index in [0.29, 0.717) is 0 Å². The molecule has 2 aromatic heterocycles. The first-order chi connectivity index (χ1) is 8.00. The summed E-state index contributed by atoms with van der Waals surface area (Å²) in [5.41, 5.74) is 0. The molecule has 0 bridgehead atoms. The molecular weight excluding hydrogens is 386 g/mol. The van der Waals surface area contributed by atoms with Crippen LogP contribution in [0, 0.1) is 0 Å². The second-order valence-electron chi connectivity index (χ2n) is 2.40. The van der Waals surface area contributed by atoms with Crippen LogP contribution in [0.3, 0.4) is 0 Å². The van der Waals surface area contributed by atoms with Crippen molar-refractivity contribution in [1.29, 1.82) is 0 Å². The second kappa shape index (κ2) is 11.3. The molecule has 0 atom stereocenters. The Morgan fingerprint density at radius 2 is 0.765 bits per heavy atom. The zero-order valence-electron chi connectivity index (χ0n) is 8.59. The molecule has 0 unspecified atom stereocenters. The number of halogens is 4. The molecule has 0 N–H and O–H groups in total. The molecule has 0 radical (unpaired) electrons. The van der Waals surface area contributed by atoms with E-state index >= 15 is 0 Å². The van der Waals surface area contributed by atoms with E-state index in [1.54, 1.807) is 24.8 Å². The zero-order chi connectivity index (χ0) is 13.0. The van der Waals surface area contributed by atoms with Crippen molar-refractivity contribution in [3.05, 3.63) is 61.2 Å². The summed E-state index contributed by atoms with van der Waals surface area (Å²) in [6.07, 6.45) is 7.00. The van der Waals surface area contributed by atoms with Crippen molar-refractivity contribution in [3.8, 4) is 0 Å². The molecule has 17 heavy (non-hydrogen) atoms. The molecule has 0 fully saturated rings. The normalized spacial score (nSPS) is 10.1. The molecule has 94 valence electrons. The summed E-state index contributed by atoms with van der Waals surface area (Å²) < 4.78 is 0. The van der Waals surface area contributed by atoms with E-state index in [2.05, 4.69) is 9.97 Å². The van der Waals surface area contributed by atoms with Crippen molar-refractivity contribution in [2.24, 2.45) is 0 Å². The molecule has 0 amide bonds. The van der Waals surface area contributed by atoms with E-state index in [-0.39, 0.29) is 0 Å². The molecule has 2 heterocycles. The molecule has 0 saturated heterocycles. The SMILES string of the molecule is [Cl][Mo]([Cl])([Cl])[Cl].c1ccncc1.c1ccncc1. The van der Waals surface area contributed by atoms with Gasteiger partial charge in [-0.2, -0.15) is 0 Å². The Bertz CT molecular complexity index is 265. The van der Waals surface area contributed by atoms with Crippen LogP contribution in [-0.2, 0) is 11.9 Å². The minimum atomic E-state index is -3.13. The molecule has 2 aromatic rings. The van der Waals surface area contributed by atoms with Gasteiger partial charge in [-0.05, 0) is 24.3 Å². The maximum absolute atomic E-state index is 5.02. The summed E-state index contributed by atoms with van der Waals surface area (Å²) in [5, 5.41) is 0. The molecule has 0 aliphatic carbocycles. The standard InChI is InChI=1S/2C5H5N.4ClH.Mo/c2*1-2-4-6-5-3-1;;;;;/h2*1-5H;4*1H;/q;;;;;;+4/p-4. The van der Waals surface area contributed by atoms with Gasteiger partial charge in [0.25, 0.3) is 0 Å². The van der Waals surface area contributed by atoms with Crippen LogP contribution >= 0.6 is 37.7 Å². The van der Waals surface area contributed by atoms with E-state index in [1.165, 1.54) is 0 Å². The van der Waals surface area contributed by atoms with Crippen LogP contribution in [0.25, 0.3) is 0 Å². The van der Waals surface area contributed by atoms with Crippen molar-refractivity contribution < 1.29 is 11.9 Å². The van der Waals surface area contributed by atoms with Crippen LogP contribution in [0.2, 0.25) is 0 Å². The topological polar surface area (TPSA) is 25.8 Å². The maximum Gasteiger partial charge on any atom is 0.0267 e. The Labute approximate surface area is 120 Å². The maximum atomic E-state index is 5.02. The summed E-state index contributed by atoms with van der Waals surface area (Å²) in [6, 6.07) is 11.4. The van der Waals surface area contributed by atoms with Crippen molar-refractivity contribution in [2.45, 2.75) is 0 Å². The third-order valence-electron chi connectivity index (χ3n) is 1.13. The molecule has 0 aliphatic heterocycles. The van der Waals surface area contributed by atoms with Gasteiger partial charge in [-0.15, -0.1) is 0 Å². The monoisotopic (exact) mass is 396 g/mol. The van der Waals surface area contributed by atoms with E-state index in [0.717, 1.165) is 0 Å². The summed E-state index contributed by atoms with van der Waals surface area (Å²) >= 11 is -3.13. The molecule has 2 nitrogen and oxygen atoms in total. The molecule has 0 aliphatic rings. The Morgan fingerprint density at radius 3 is 0.824 bits per heavy atom. The smallest absolute Gasteiger partial charge is 0.0267 e. The minimum absolute atomic E-state index is 1.75. The largest absolute Gasteiger partial charge is 0.265 e. The average Bonchev–Trinajstić information content (AvgIpc) is 2.32. The van der Waals surface area contributed by atoms with Gasteiger partial charge >= 0.3 is 49.6 Å². The van der Waals surface area contributed by atoms with Crippen LogP contribution in [0.4, 0.5) is 0 Å². The van der Waals surface area contributed by atoms with Crippen molar-refractivity contribution >= 4 is 37.7 Å². The Kier molecular flexibility index (Phi) is 11.3. The predicted octanol–water partition coefficient (Wildman–Crippen LogP) is 4.92. The Balaban J connectivity index is 0.000000228. The number of nitrogens with zero attached hydrogens (tertiary/aromatic N) is 2. The third-order valence-corrected chi connectivity index (χ3v) is 1.13. The number of hydrogen-bond donors (Lipinski definition) is 0. The Morgan fingerprint density at radius 1 is 0.529 bits per heavy atom. The molecule has 0 saturated carbocycles. The molecular formula is C10H10Cl4MoN2. The molecule has 2 rings (SSSR count). The number of pyridine rings is 2. The van der Waals surface area contributed by atoms with Crippen LogP contribution in [0.15, 0.2) is 61.2 Å². The number of hydrogen-bond acceptors (Lipinski definition) is 2. The second-order valence-corrected chi connectivity index (χ2v) is 20.7.